The monoisotopic (exact) mass is 235 g/mol. The second-order valence-electron chi connectivity index (χ2n) is 3.91. The van der Waals surface area contributed by atoms with E-state index in [0.717, 1.165) is 12.8 Å². The zero-order valence-corrected chi connectivity index (χ0v) is 10.1. The van der Waals surface area contributed by atoms with Crippen molar-refractivity contribution in [3.05, 3.63) is 0 Å². The lowest BCUT2D eigenvalue weighted by Crippen LogP contribution is -2.41. The second-order valence-corrected chi connectivity index (χ2v) is 3.91. The molecule has 16 heavy (non-hydrogen) atoms. The van der Waals surface area contributed by atoms with Crippen LogP contribution in [0.1, 0.15) is 33.1 Å². The van der Waals surface area contributed by atoms with Gasteiger partial charge in [-0.2, -0.15) is 0 Å². The van der Waals surface area contributed by atoms with Gasteiger partial charge >= 0.3 is 0 Å². The van der Waals surface area contributed by atoms with E-state index in [4.69, 9.17) is 16.6 Å². The van der Waals surface area contributed by atoms with Crippen LogP contribution in [0.5, 0.6) is 0 Å². The summed E-state index contributed by atoms with van der Waals surface area (Å²) in [6.45, 7) is 3.98. The molecule has 0 fully saturated rings. The maximum Gasteiger partial charge on any atom is 0.0946 e. The van der Waals surface area contributed by atoms with Gasteiger partial charge in [0.15, 0.2) is 0 Å². The molecule has 0 rings (SSSR count). The summed E-state index contributed by atoms with van der Waals surface area (Å²) in [4.78, 5) is 4.04. The summed E-state index contributed by atoms with van der Waals surface area (Å²) in [5.41, 5.74) is 11.1. The van der Waals surface area contributed by atoms with Crippen molar-refractivity contribution in [2.45, 2.75) is 51.4 Å². The first-order valence-electron chi connectivity index (χ1n) is 5.33. The minimum absolute atomic E-state index is 0. The normalized spacial score (nSPS) is 17.4. The van der Waals surface area contributed by atoms with Gasteiger partial charge in [0.25, 0.3) is 0 Å². The Kier molecular flexibility index (Phi) is 10.5. The fourth-order valence-corrected chi connectivity index (χ4v) is 1.28. The number of aliphatic hydroxyl groups excluding tert-OH is 2. The zero-order valence-electron chi connectivity index (χ0n) is 10.1. The van der Waals surface area contributed by atoms with Crippen LogP contribution in [0.15, 0.2) is 4.99 Å². The van der Waals surface area contributed by atoms with Crippen LogP contribution in [-0.4, -0.2) is 46.3 Å². The van der Waals surface area contributed by atoms with Crippen molar-refractivity contribution in [2.75, 3.05) is 6.54 Å². The molecule has 0 aromatic heterocycles. The lowest BCUT2D eigenvalue weighted by molar-refractivity contribution is 0.0131. The molecule has 98 valence electrons. The Morgan fingerprint density at radius 2 is 1.88 bits per heavy atom. The summed E-state index contributed by atoms with van der Waals surface area (Å²) in [7, 11) is 0. The predicted molar refractivity (Wildman–Crippen MR) is 65.3 cm³/mol. The van der Waals surface area contributed by atoms with Crippen LogP contribution in [0.3, 0.4) is 0 Å². The van der Waals surface area contributed by atoms with Crippen molar-refractivity contribution in [1.29, 1.82) is 0 Å². The van der Waals surface area contributed by atoms with Crippen LogP contribution in [-0.2, 0) is 0 Å². The van der Waals surface area contributed by atoms with E-state index in [-0.39, 0.29) is 11.5 Å². The Labute approximate surface area is 96.7 Å². The number of aliphatic imine (C=N–C) groups is 1. The van der Waals surface area contributed by atoms with Gasteiger partial charge in [-0.05, 0) is 33.1 Å². The quantitative estimate of drug-likeness (QED) is 0.250. The Bertz CT molecular complexity index is 194. The van der Waals surface area contributed by atoms with Gasteiger partial charge in [0.1, 0.15) is 0 Å². The summed E-state index contributed by atoms with van der Waals surface area (Å²) in [5.74, 6) is 0.586. The van der Waals surface area contributed by atoms with E-state index in [1.165, 1.54) is 6.92 Å². The SMILES string of the molecule is CC(N)=NCCCC[C@H](N)C(O)C(C)O.O. The van der Waals surface area contributed by atoms with Gasteiger partial charge in [0.05, 0.1) is 18.0 Å². The first-order valence-corrected chi connectivity index (χ1v) is 5.33. The van der Waals surface area contributed by atoms with Crippen molar-refractivity contribution in [3.8, 4) is 0 Å². The van der Waals surface area contributed by atoms with E-state index >= 15 is 0 Å². The summed E-state index contributed by atoms with van der Waals surface area (Å²) >= 11 is 0. The smallest absolute Gasteiger partial charge is 0.0946 e. The number of unbranched alkanes of at least 4 members (excludes halogenated alkanes) is 1. The molecule has 0 saturated heterocycles. The van der Waals surface area contributed by atoms with Crippen molar-refractivity contribution in [3.63, 3.8) is 0 Å². The maximum absolute atomic E-state index is 9.42. The number of nitrogens with zero attached hydrogens (tertiary/aromatic N) is 1. The molecule has 0 aliphatic rings. The van der Waals surface area contributed by atoms with E-state index in [1.54, 1.807) is 6.92 Å². The van der Waals surface area contributed by atoms with E-state index < -0.39 is 12.2 Å². The number of amidine groups is 1. The Balaban J connectivity index is 0. The van der Waals surface area contributed by atoms with Crippen LogP contribution in [0, 0.1) is 0 Å². The standard InChI is InChI=1S/C10H23N3O2.H2O/c1-7(14)10(15)9(12)5-3-4-6-13-8(2)11;/h7,9-10,14-15H,3-6,12H2,1-2H3,(H2,11,13);1H2/t7?,9-,10?;/m0./s1. The average molecular weight is 235 g/mol. The molecule has 3 atom stereocenters. The van der Waals surface area contributed by atoms with Gasteiger partial charge in [-0.3, -0.25) is 4.99 Å². The lowest BCUT2D eigenvalue weighted by atomic mass is 10.0. The minimum Gasteiger partial charge on any atom is -0.412 e. The van der Waals surface area contributed by atoms with Gasteiger partial charge in [-0.25, -0.2) is 0 Å². The number of hydrogen-bond donors (Lipinski definition) is 4. The molecule has 8 N–H and O–H groups in total. The molecule has 0 bridgehead atoms. The number of nitrogens with two attached hydrogens (primary N) is 2. The van der Waals surface area contributed by atoms with Crippen LogP contribution >= 0.6 is 0 Å². The molecular formula is C10H25N3O3. The minimum atomic E-state index is -0.843. The highest BCUT2D eigenvalue weighted by atomic mass is 16.3. The molecular weight excluding hydrogens is 210 g/mol. The average Bonchev–Trinajstić information content (AvgIpc) is 2.15. The van der Waals surface area contributed by atoms with E-state index in [0.29, 0.717) is 18.8 Å². The van der Waals surface area contributed by atoms with Crippen LogP contribution in [0.4, 0.5) is 0 Å². The molecule has 0 aromatic rings. The summed E-state index contributed by atoms with van der Waals surface area (Å²) in [5, 5.41) is 18.5. The van der Waals surface area contributed by atoms with E-state index in [9.17, 15) is 5.11 Å². The molecule has 0 aromatic carbocycles. The van der Waals surface area contributed by atoms with Gasteiger partial charge in [0, 0.05) is 12.6 Å². The van der Waals surface area contributed by atoms with E-state index in [1.807, 2.05) is 0 Å². The maximum atomic E-state index is 9.42. The number of aliphatic hydroxyl groups is 2. The molecule has 0 heterocycles. The first kappa shape index (κ1) is 17.7. The van der Waals surface area contributed by atoms with Crippen molar-refractivity contribution in [2.24, 2.45) is 16.5 Å². The molecule has 0 aliphatic heterocycles. The molecule has 6 heteroatoms. The highest BCUT2D eigenvalue weighted by molar-refractivity contribution is 5.77. The Hall–Kier alpha value is -0.690. The molecule has 6 nitrogen and oxygen atoms in total. The summed E-state index contributed by atoms with van der Waals surface area (Å²) < 4.78 is 0. The largest absolute Gasteiger partial charge is 0.412 e. The van der Waals surface area contributed by atoms with Crippen molar-refractivity contribution >= 4 is 5.84 Å². The number of rotatable bonds is 7. The summed E-state index contributed by atoms with van der Waals surface area (Å²) in [6.07, 6.45) is 0.843. The summed E-state index contributed by atoms with van der Waals surface area (Å²) in [6, 6.07) is -0.368. The van der Waals surface area contributed by atoms with Crippen molar-refractivity contribution < 1.29 is 15.7 Å². The third kappa shape index (κ3) is 8.60. The first-order chi connectivity index (χ1) is 6.95. The van der Waals surface area contributed by atoms with Crippen LogP contribution < -0.4 is 11.5 Å². The highest BCUT2D eigenvalue weighted by Crippen LogP contribution is 2.06. The fraction of sp³-hybridized carbons (Fsp3) is 0.900. The fourth-order valence-electron chi connectivity index (χ4n) is 1.28. The molecule has 0 saturated carbocycles. The molecule has 0 spiro atoms. The highest BCUT2D eigenvalue weighted by Gasteiger charge is 2.18. The molecule has 0 amide bonds. The predicted octanol–water partition coefficient (Wildman–Crippen LogP) is -1.22. The van der Waals surface area contributed by atoms with Gasteiger partial charge in [-0.15, -0.1) is 0 Å². The molecule has 2 unspecified atom stereocenters. The topological polar surface area (TPSA) is 136 Å². The third-order valence-electron chi connectivity index (χ3n) is 2.24. The Morgan fingerprint density at radius 1 is 1.31 bits per heavy atom. The van der Waals surface area contributed by atoms with Crippen LogP contribution in [0.25, 0.3) is 0 Å². The van der Waals surface area contributed by atoms with E-state index in [2.05, 4.69) is 4.99 Å². The number of hydrogen-bond acceptors (Lipinski definition) is 4. The lowest BCUT2D eigenvalue weighted by Gasteiger charge is -2.20. The van der Waals surface area contributed by atoms with Gasteiger partial charge in [0.2, 0.25) is 0 Å². The molecule has 0 aliphatic carbocycles. The zero-order chi connectivity index (χ0) is 11.8. The van der Waals surface area contributed by atoms with Gasteiger partial charge in [-0.1, -0.05) is 0 Å². The molecule has 0 radical (unpaired) electrons. The van der Waals surface area contributed by atoms with Crippen molar-refractivity contribution in [1.82, 2.24) is 0 Å². The third-order valence-corrected chi connectivity index (χ3v) is 2.24. The van der Waals surface area contributed by atoms with Gasteiger partial charge < -0.3 is 27.2 Å². The second kappa shape index (κ2) is 9.53. The Morgan fingerprint density at radius 3 is 2.31 bits per heavy atom. The van der Waals surface area contributed by atoms with Crippen LogP contribution in [0.2, 0.25) is 0 Å².